The van der Waals surface area contributed by atoms with Crippen molar-refractivity contribution in [2.45, 2.75) is 39.8 Å². The monoisotopic (exact) mass is 413 g/mol. The van der Waals surface area contributed by atoms with E-state index >= 15 is 0 Å². The fourth-order valence-electron chi connectivity index (χ4n) is 3.02. The molecule has 2 N–H and O–H groups in total. The normalized spacial score (nSPS) is 11.3. The van der Waals surface area contributed by atoms with Crippen molar-refractivity contribution in [2.75, 3.05) is 33.9 Å². The largest absolute Gasteiger partial charge is 0.493 e. The molecule has 0 aliphatic heterocycles. The Morgan fingerprint density at radius 2 is 1.63 bits per heavy atom. The molecule has 0 unspecified atom stereocenters. The van der Waals surface area contributed by atoms with Crippen LogP contribution in [0.4, 0.5) is 0 Å². The highest BCUT2D eigenvalue weighted by atomic mass is 16.5. The lowest BCUT2D eigenvalue weighted by Gasteiger charge is -2.13. The number of hydrogen-bond donors (Lipinski definition) is 2. The molecule has 0 atom stereocenters. The molecule has 0 saturated carbocycles. The molecule has 2 aromatic rings. The summed E-state index contributed by atoms with van der Waals surface area (Å²) in [6, 6.07) is 14.6. The highest BCUT2D eigenvalue weighted by molar-refractivity contribution is 5.79. The van der Waals surface area contributed by atoms with Gasteiger partial charge in [0.15, 0.2) is 17.5 Å². The second-order valence-electron chi connectivity index (χ2n) is 6.83. The van der Waals surface area contributed by atoms with Gasteiger partial charge in [-0.05, 0) is 55.5 Å². The minimum Gasteiger partial charge on any atom is -0.493 e. The van der Waals surface area contributed by atoms with Gasteiger partial charge in [0.2, 0.25) is 0 Å². The van der Waals surface area contributed by atoms with E-state index in [4.69, 9.17) is 14.2 Å². The fourth-order valence-corrected chi connectivity index (χ4v) is 3.02. The van der Waals surface area contributed by atoms with E-state index in [1.54, 1.807) is 14.2 Å². The maximum absolute atomic E-state index is 5.65. The van der Waals surface area contributed by atoms with Crippen molar-refractivity contribution >= 4 is 5.96 Å². The molecule has 0 saturated heterocycles. The smallest absolute Gasteiger partial charge is 0.191 e. The first-order valence-corrected chi connectivity index (χ1v) is 10.6. The molecule has 0 aliphatic carbocycles. The van der Waals surface area contributed by atoms with Gasteiger partial charge in [-0.1, -0.05) is 30.3 Å². The van der Waals surface area contributed by atoms with Crippen molar-refractivity contribution in [2.24, 2.45) is 4.99 Å². The van der Waals surface area contributed by atoms with E-state index in [-0.39, 0.29) is 0 Å². The lowest BCUT2D eigenvalue weighted by molar-refractivity contribution is 0.134. The summed E-state index contributed by atoms with van der Waals surface area (Å²) in [5.41, 5.74) is 3.63. The van der Waals surface area contributed by atoms with Crippen molar-refractivity contribution in [1.82, 2.24) is 10.6 Å². The summed E-state index contributed by atoms with van der Waals surface area (Å²) in [7, 11) is 3.45. The van der Waals surface area contributed by atoms with Crippen molar-refractivity contribution in [3.8, 4) is 11.5 Å². The zero-order chi connectivity index (χ0) is 21.6. The summed E-state index contributed by atoms with van der Waals surface area (Å²) in [5.74, 6) is 2.38. The van der Waals surface area contributed by atoms with Crippen LogP contribution >= 0.6 is 0 Å². The van der Waals surface area contributed by atoms with Gasteiger partial charge in [0.1, 0.15) is 0 Å². The minimum atomic E-state index is 0.624. The molecule has 30 heavy (non-hydrogen) atoms. The van der Waals surface area contributed by atoms with Gasteiger partial charge in [-0.3, -0.25) is 4.99 Å². The van der Waals surface area contributed by atoms with Gasteiger partial charge < -0.3 is 24.8 Å². The molecule has 2 aromatic carbocycles. The van der Waals surface area contributed by atoms with Gasteiger partial charge in [0.05, 0.1) is 20.3 Å². The summed E-state index contributed by atoms with van der Waals surface area (Å²) < 4.78 is 16.4. The fraction of sp³-hybridized carbons (Fsp3) is 0.458. The molecule has 0 amide bonds. The Bertz CT molecular complexity index is 776. The van der Waals surface area contributed by atoms with Crippen molar-refractivity contribution in [3.63, 3.8) is 0 Å². The highest BCUT2D eigenvalue weighted by Crippen LogP contribution is 2.28. The number of benzene rings is 2. The first-order valence-electron chi connectivity index (χ1n) is 10.6. The maximum atomic E-state index is 5.65. The lowest BCUT2D eigenvalue weighted by Crippen LogP contribution is -2.37. The number of guanidine groups is 1. The van der Waals surface area contributed by atoms with E-state index in [1.807, 2.05) is 19.9 Å². The van der Waals surface area contributed by atoms with Crippen LogP contribution in [0.25, 0.3) is 0 Å². The Morgan fingerprint density at radius 3 is 2.30 bits per heavy atom. The van der Waals surface area contributed by atoms with Crippen LogP contribution in [0.1, 0.15) is 37.0 Å². The molecule has 6 nitrogen and oxygen atoms in total. The Hall–Kier alpha value is -2.73. The summed E-state index contributed by atoms with van der Waals surface area (Å²) in [6.45, 7) is 7.56. The second kappa shape index (κ2) is 13.5. The Morgan fingerprint density at radius 1 is 0.900 bits per heavy atom. The number of aliphatic imine (C=N–C) groups is 1. The quantitative estimate of drug-likeness (QED) is 0.314. The molecule has 0 aromatic heterocycles. The van der Waals surface area contributed by atoms with Crippen LogP contribution in [0.2, 0.25) is 0 Å². The van der Waals surface area contributed by atoms with E-state index in [2.05, 4.69) is 52.0 Å². The molecule has 0 bridgehead atoms. The predicted octanol–water partition coefficient (Wildman–Crippen LogP) is 3.93. The van der Waals surface area contributed by atoms with Crippen molar-refractivity contribution < 1.29 is 14.2 Å². The van der Waals surface area contributed by atoms with Gasteiger partial charge in [0, 0.05) is 26.7 Å². The highest BCUT2D eigenvalue weighted by Gasteiger charge is 2.05. The number of nitrogens with zero attached hydrogens (tertiary/aromatic N) is 1. The topological polar surface area (TPSA) is 64.1 Å². The first-order chi connectivity index (χ1) is 14.7. The molecular weight excluding hydrogens is 378 g/mol. The number of nitrogens with one attached hydrogen (secondary N) is 2. The van der Waals surface area contributed by atoms with Crippen molar-refractivity contribution in [1.29, 1.82) is 0 Å². The molecule has 164 valence electrons. The third kappa shape index (κ3) is 7.95. The maximum Gasteiger partial charge on any atom is 0.191 e. The van der Waals surface area contributed by atoms with Crippen LogP contribution < -0.4 is 20.1 Å². The summed E-state index contributed by atoms with van der Waals surface area (Å²) in [5, 5.41) is 6.73. The molecule has 0 heterocycles. The standard InChI is InChI=1S/C24H35N3O3/c1-5-29-18-21-11-9-20(10-12-21)17-27-24(25-3)26-15-7-8-19-13-14-22(28-4)23(16-19)30-6-2/h9-14,16H,5-8,15,17-18H2,1-4H3,(H2,25,26,27). The number of aryl methyl sites for hydroxylation is 1. The lowest BCUT2D eigenvalue weighted by atomic mass is 10.1. The number of ether oxygens (including phenoxy) is 3. The van der Waals surface area contributed by atoms with Crippen LogP contribution in [0.15, 0.2) is 47.5 Å². The third-order valence-corrected chi connectivity index (χ3v) is 4.64. The van der Waals surface area contributed by atoms with E-state index in [9.17, 15) is 0 Å². The van der Waals surface area contributed by atoms with Gasteiger partial charge in [0.25, 0.3) is 0 Å². The first kappa shape index (κ1) is 23.5. The van der Waals surface area contributed by atoms with E-state index in [0.29, 0.717) is 13.2 Å². The van der Waals surface area contributed by atoms with Gasteiger partial charge in [-0.25, -0.2) is 0 Å². The zero-order valence-corrected chi connectivity index (χ0v) is 18.7. The molecule has 6 heteroatoms. The van der Waals surface area contributed by atoms with E-state index in [1.165, 1.54) is 16.7 Å². The number of hydrogen-bond acceptors (Lipinski definition) is 4. The molecule has 2 rings (SSSR count). The Balaban J connectivity index is 1.73. The SMILES string of the molecule is CCOCc1ccc(CNC(=NC)NCCCc2ccc(OC)c(OCC)c2)cc1. The average Bonchev–Trinajstić information content (AvgIpc) is 2.78. The Labute approximate surface area is 180 Å². The molecule has 0 spiro atoms. The van der Waals surface area contributed by atoms with Crippen LogP contribution in [-0.2, 0) is 24.3 Å². The van der Waals surface area contributed by atoms with Gasteiger partial charge in [-0.2, -0.15) is 0 Å². The average molecular weight is 414 g/mol. The molecule has 0 radical (unpaired) electrons. The van der Waals surface area contributed by atoms with E-state index in [0.717, 1.165) is 50.0 Å². The van der Waals surface area contributed by atoms with E-state index < -0.39 is 0 Å². The van der Waals surface area contributed by atoms with Crippen molar-refractivity contribution in [3.05, 3.63) is 59.2 Å². The minimum absolute atomic E-state index is 0.624. The van der Waals surface area contributed by atoms with Crippen LogP contribution in [0.5, 0.6) is 11.5 Å². The van der Waals surface area contributed by atoms with Crippen LogP contribution in [0, 0.1) is 0 Å². The molecular formula is C24H35N3O3. The summed E-state index contributed by atoms with van der Waals surface area (Å²) >= 11 is 0. The second-order valence-corrected chi connectivity index (χ2v) is 6.83. The zero-order valence-electron chi connectivity index (χ0n) is 18.7. The number of rotatable bonds is 12. The van der Waals surface area contributed by atoms with Crippen LogP contribution in [-0.4, -0.2) is 39.9 Å². The summed E-state index contributed by atoms with van der Waals surface area (Å²) in [4.78, 5) is 4.30. The van der Waals surface area contributed by atoms with Gasteiger partial charge in [-0.15, -0.1) is 0 Å². The predicted molar refractivity (Wildman–Crippen MR) is 122 cm³/mol. The Kier molecular flexibility index (Phi) is 10.6. The van der Waals surface area contributed by atoms with Gasteiger partial charge >= 0.3 is 0 Å². The molecule has 0 aliphatic rings. The van der Waals surface area contributed by atoms with Crippen LogP contribution in [0.3, 0.4) is 0 Å². The molecule has 0 fully saturated rings. The summed E-state index contributed by atoms with van der Waals surface area (Å²) in [6.07, 6.45) is 1.94. The third-order valence-electron chi connectivity index (χ3n) is 4.64. The number of methoxy groups -OCH3 is 1.